The van der Waals surface area contributed by atoms with Gasteiger partial charge in [-0.1, -0.05) is 43.3 Å². The molecule has 0 unspecified atom stereocenters. The van der Waals surface area contributed by atoms with Crippen LogP contribution in [-0.4, -0.2) is 31.9 Å². The monoisotopic (exact) mass is 341 g/mol. The van der Waals surface area contributed by atoms with Gasteiger partial charge in [0.2, 0.25) is 0 Å². The maximum absolute atomic E-state index is 9.43. The van der Waals surface area contributed by atoms with Crippen molar-refractivity contribution in [2.45, 2.75) is 25.9 Å². The highest BCUT2D eigenvalue weighted by Crippen LogP contribution is 2.43. The van der Waals surface area contributed by atoms with Crippen LogP contribution in [0.4, 0.5) is 0 Å². The van der Waals surface area contributed by atoms with Crippen molar-refractivity contribution in [3.05, 3.63) is 59.7 Å². The standard InChI is InChI=1S/C21H27NO3/c1-21(10-11-23)15-22-13-18(21)17-8-9-19(24-2)20(12-17)25-14-16-6-4-3-5-7-16/h3-9,12,18,22-23H,10-11,13-15H2,1-2H3/t18-,21-/m1/s1. The molecule has 1 saturated heterocycles. The van der Waals surface area contributed by atoms with Crippen molar-refractivity contribution in [1.29, 1.82) is 0 Å². The van der Waals surface area contributed by atoms with Crippen LogP contribution in [0, 0.1) is 5.41 Å². The summed E-state index contributed by atoms with van der Waals surface area (Å²) in [6.45, 7) is 4.80. The zero-order chi connectivity index (χ0) is 17.7. The van der Waals surface area contributed by atoms with Gasteiger partial charge in [-0.2, -0.15) is 0 Å². The van der Waals surface area contributed by atoms with Crippen LogP contribution in [-0.2, 0) is 6.61 Å². The van der Waals surface area contributed by atoms with E-state index < -0.39 is 0 Å². The molecular weight excluding hydrogens is 314 g/mol. The molecule has 1 heterocycles. The number of rotatable bonds is 7. The van der Waals surface area contributed by atoms with E-state index in [2.05, 4.69) is 36.5 Å². The molecule has 0 bridgehead atoms. The van der Waals surface area contributed by atoms with Crippen LogP contribution in [0.3, 0.4) is 0 Å². The molecular formula is C21H27NO3. The molecule has 25 heavy (non-hydrogen) atoms. The first-order valence-corrected chi connectivity index (χ1v) is 8.82. The van der Waals surface area contributed by atoms with Gasteiger partial charge in [-0.3, -0.25) is 0 Å². The molecule has 4 heteroatoms. The Morgan fingerprint density at radius 3 is 2.68 bits per heavy atom. The molecule has 2 aromatic carbocycles. The number of hydrogen-bond acceptors (Lipinski definition) is 4. The predicted octanol–water partition coefficient (Wildman–Crippen LogP) is 3.35. The van der Waals surface area contributed by atoms with E-state index in [9.17, 15) is 5.11 Å². The zero-order valence-electron chi connectivity index (χ0n) is 15.0. The van der Waals surface area contributed by atoms with E-state index in [1.54, 1.807) is 7.11 Å². The number of aliphatic hydroxyl groups is 1. The average Bonchev–Trinajstić information content (AvgIpc) is 3.02. The number of benzene rings is 2. The smallest absolute Gasteiger partial charge is 0.161 e. The van der Waals surface area contributed by atoms with Crippen LogP contribution in [0.15, 0.2) is 48.5 Å². The van der Waals surface area contributed by atoms with Gasteiger partial charge >= 0.3 is 0 Å². The predicted molar refractivity (Wildman–Crippen MR) is 99.2 cm³/mol. The number of ether oxygens (including phenoxy) is 2. The maximum Gasteiger partial charge on any atom is 0.161 e. The highest BCUT2D eigenvalue weighted by atomic mass is 16.5. The first-order chi connectivity index (χ1) is 12.2. The Kier molecular flexibility index (Phi) is 5.61. The van der Waals surface area contributed by atoms with Gasteiger partial charge in [0.05, 0.1) is 7.11 Å². The first-order valence-electron chi connectivity index (χ1n) is 8.82. The third-order valence-electron chi connectivity index (χ3n) is 5.23. The van der Waals surface area contributed by atoms with Gasteiger partial charge in [0.1, 0.15) is 6.61 Å². The summed E-state index contributed by atoms with van der Waals surface area (Å²) in [4.78, 5) is 0. The lowest BCUT2D eigenvalue weighted by Gasteiger charge is -2.30. The van der Waals surface area contributed by atoms with E-state index in [-0.39, 0.29) is 12.0 Å². The largest absolute Gasteiger partial charge is 0.493 e. The van der Waals surface area contributed by atoms with E-state index in [0.29, 0.717) is 12.5 Å². The lowest BCUT2D eigenvalue weighted by molar-refractivity contribution is 0.196. The van der Waals surface area contributed by atoms with Crippen molar-refractivity contribution < 1.29 is 14.6 Å². The minimum absolute atomic E-state index is 0.0556. The lowest BCUT2D eigenvalue weighted by Crippen LogP contribution is -2.26. The molecule has 134 valence electrons. The number of hydrogen-bond donors (Lipinski definition) is 2. The van der Waals surface area contributed by atoms with Crippen LogP contribution in [0.1, 0.15) is 30.4 Å². The molecule has 1 aliphatic rings. The van der Waals surface area contributed by atoms with Gasteiger partial charge in [-0.15, -0.1) is 0 Å². The van der Waals surface area contributed by atoms with Gasteiger partial charge < -0.3 is 19.9 Å². The molecule has 0 radical (unpaired) electrons. The maximum atomic E-state index is 9.43. The van der Waals surface area contributed by atoms with Crippen molar-refractivity contribution in [3.63, 3.8) is 0 Å². The van der Waals surface area contributed by atoms with Crippen LogP contribution < -0.4 is 14.8 Å². The minimum Gasteiger partial charge on any atom is -0.493 e. The Labute approximate surface area is 149 Å². The second-order valence-corrected chi connectivity index (χ2v) is 7.00. The Hall–Kier alpha value is -2.04. The fourth-order valence-electron chi connectivity index (χ4n) is 3.67. The topological polar surface area (TPSA) is 50.7 Å². The number of methoxy groups -OCH3 is 1. The summed E-state index contributed by atoms with van der Waals surface area (Å²) in [6.07, 6.45) is 0.789. The average molecular weight is 341 g/mol. The lowest BCUT2D eigenvalue weighted by atomic mass is 9.74. The molecule has 2 N–H and O–H groups in total. The molecule has 1 aliphatic heterocycles. The summed E-state index contributed by atoms with van der Waals surface area (Å²) < 4.78 is 11.5. The summed E-state index contributed by atoms with van der Waals surface area (Å²) >= 11 is 0. The molecule has 2 aromatic rings. The molecule has 0 aliphatic carbocycles. The van der Waals surface area contributed by atoms with Gasteiger partial charge in [0.25, 0.3) is 0 Å². The summed E-state index contributed by atoms with van der Waals surface area (Å²) in [5.74, 6) is 1.86. The highest BCUT2D eigenvalue weighted by Gasteiger charge is 2.39. The quantitative estimate of drug-likeness (QED) is 0.811. The molecule has 0 spiro atoms. The zero-order valence-corrected chi connectivity index (χ0v) is 15.0. The fraction of sp³-hybridized carbons (Fsp3) is 0.429. The number of nitrogens with one attached hydrogen (secondary N) is 1. The van der Waals surface area contributed by atoms with Crippen LogP contribution in [0.25, 0.3) is 0 Å². The van der Waals surface area contributed by atoms with Crippen molar-refractivity contribution in [3.8, 4) is 11.5 Å². The SMILES string of the molecule is COc1ccc([C@H]2CNC[C@@]2(C)CCO)cc1OCc1ccccc1. The second kappa shape index (κ2) is 7.89. The summed E-state index contributed by atoms with van der Waals surface area (Å²) in [6, 6.07) is 16.3. The molecule has 4 nitrogen and oxygen atoms in total. The van der Waals surface area contributed by atoms with Gasteiger partial charge in [0, 0.05) is 25.6 Å². The van der Waals surface area contributed by atoms with Crippen molar-refractivity contribution in [2.24, 2.45) is 5.41 Å². The Balaban J connectivity index is 1.82. The van der Waals surface area contributed by atoms with Gasteiger partial charge in [-0.25, -0.2) is 0 Å². The van der Waals surface area contributed by atoms with E-state index in [4.69, 9.17) is 9.47 Å². The van der Waals surface area contributed by atoms with Gasteiger partial charge in [0.15, 0.2) is 11.5 Å². The molecule has 2 atom stereocenters. The fourth-order valence-corrected chi connectivity index (χ4v) is 3.67. The van der Waals surface area contributed by atoms with E-state index in [1.807, 2.05) is 24.3 Å². The minimum atomic E-state index is 0.0556. The third kappa shape index (κ3) is 3.97. The summed E-state index contributed by atoms with van der Waals surface area (Å²) in [5, 5.41) is 12.9. The molecule has 1 fully saturated rings. The normalized spacial score (nSPS) is 22.8. The second-order valence-electron chi connectivity index (χ2n) is 7.00. The third-order valence-corrected chi connectivity index (χ3v) is 5.23. The van der Waals surface area contributed by atoms with Crippen molar-refractivity contribution in [1.82, 2.24) is 5.32 Å². The number of aliphatic hydroxyl groups excluding tert-OH is 1. The van der Waals surface area contributed by atoms with E-state index in [0.717, 1.165) is 36.6 Å². The highest BCUT2D eigenvalue weighted by molar-refractivity contribution is 5.45. The van der Waals surface area contributed by atoms with Crippen molar-refractivity contribution in [2.75, 3.05) is 26.8 Å². The summed E-state index contributed by atoms with van der Waals surface area (Å²) in [7, 11) is 1.66. The molecule has 0 aromatic heterocycles. The Morgan fingerprint density at radius 1 is 1.16 bits per heavy atom. The Morgan fingerprint density at radius 2 is 1.96 bits per heavy atom. The van der Waals surface area contributed by atoms with Gasteiger partial charge in [-0.05, 0) is 35.1 Å². The molecule has 0 saturated carbocycles. The molecule has 0 amide bonds. The van der Waals surface area contributed by atoms with E-state index >= 15 is 0 Å². The van der Waals surface area contributed by atoms with E-state index in [1.165, 1.54) is 5.56 Å². The van der Waals surface area contributed by atoms with Crippen LogP contribution >= 0.6 is 0 Å². The summed E-state index contributed by atoms with van der Waals surface area (Å²) in [5.41, 5.74) is 2.41. The Bertz CT molecular complexity index is 689. The van der Waals surface area contributed by atoms with Crippen molar-refractivity contribution >= 4 is 0 Å². The first kappa shape index (κ1) is 17.8. The molecule has 3 rings (SSSR count). The van der Waals surface area contributed by atoms with Crippen LogP contribution in [0.2, 0.25) is 0 Å². The van der Waals surface area contributed by atoms with Crippen LogP contribution in [0.5, 0.6) is 11.5 Å².